The Morgan fingerprint density at radius 3 is 2.48 bits per heavy atom. The molecule has 0 saturated carbocycles. The fourth-order valence-electron chi connectivity index (χ4n) is 2.62. The molecule has 25 heavy (non-hydrogen) atoms. The molecule has 128 valence electrons. The molecular weight excluding hydrogens is 312 g/mol. The first-order chi connectivity index (χ1) is 12.1. The normalized spacial score (nSPS) is 10.5. The van der Waals surface area contributed by atoms with Crippen LogP contribution in [0.5, 0.6) is 0 Å². The Morgan fingerprint density at radius 1 is 1.04 bits per heavy atom. The maximum Gasteiger partial charge on any atom is 0.249 e. The van der Waals surface area contributed by atoms with E-state index >= 15 is 0 Å². The number of hydrogen-bond acceptors (Lipinski definition) is 6. The summed E-state index contributed by atoms with van der Waals surface area (Å²) in [6.07, 6.45) is 6.23. The van der Waals surface area contributed by atoms with Gasteiger partial charge in [0, 0.05) is 31.7 Å². The van der Waals surface area contributed by atoms with Crippen LogP contribution in [0.4, 0.5) is 17.5 Å². The van der Waals surface area contributed by atoms with E-state index in [2.05, 4.69) is 56.4 Å². The Morgan fingerprint density at radius 2 is 1.76 bits per heavy atom. The molecule has 0 atom stereocenters. The van der Waals surface area contributed by atoms with Crippen LogP contribution < -0.4 is 10.2 Å². The monoisotopic (exact) mass is 334 g/mol. The maximum absolute atomic E-state index is 4.59. The molecule has 0 saturated heterocycles. The molecule has 1 aromatic carbocycles. The van der Waals surface area contributed by atoms with Gasteiger partial charge in [-0.1, -0.05) is 18.2 Å². The van der Waals surface area contributed by atoms with Crippen molar-refractivity contribution < 1.29 is 0 Å². The lowest BCUT2D eigenvalue weighted by Gasteiger charge is -2.18. The van der Waals surface area contributed by atoms with Gasteiger partial charge in [-0.2, -0.15) is 10.1 Å². The first-order valence-electron chi connectivity index (χ1n) is 8.26. The predicted molar refractivity (Wildman–Crippen MR) is 100 cm³/mol. The van der Waals surface area contributed by atoms with Gasteiger partial charge in [-0.25, -0.2) is 0 Å². The number of hydrogen-bond donors (Lipinski definition) is 1. The second-order valence-corrected chi connectivity index (χ2v) is 6.06. The summed E-state index contributed by atoms with van der Waals surface area (Å²) in [6, 6.07) is 10.2. The predicted octanol–water partition coefficient (Wildman–Crippen LogP) is 3.31. The third-order valence-electron chi connectivity index (χ3n) is 4.14. The van der Waals surface area contributed by atoms with E-state index in [1.165, 1.54) is 5.56 Å². The number of aromatic nitrogens is 4. The highest BCUT2D eigenvalue weighted by Crippen LogP contribution is 2.22. The molecular formula is C19H22N6. The van der Waals surface area contributed by atoms with Crippen LogP contribution in [0.2, 0.25) is 0 Å². The Balaban J connectivity index is 1.70. The fraction of sp³-hybridized carbons (Fsp3) is 0.263. The number of rotatable bonds is 6. The van der Waals surface area contributed by atoms with Crippen LogP contribution in [0.25, 0.3) is 0 Å². The lowest BCUT2D eigenvalue weighted by Crippen LogP contribution is -2.22. The van der Waals surface area contributed by atoms with Crippen molar-refractivity contribution in [1.29, 1.82) is 0 Å². The molecule has 2 aromatic heterocycles. The summed E-state index contributed by atoms with van der Waals surface area (Å²) in [7, 11) is 2.01. The highest BCUT2D eigenvalue weighted by Gasteiger charge is 2.08. The molecule has 0 aliphatic carbocycles. The van der Waals surface area contributed by atoms with E-state index in [9.17, 15) is 0 Å². The first kappa shape index (κ1) is 16.8. The Bertz CT molecular complexity index is 814. The number of benzene rings is 1. The average Bonchev–Trinajstić information content (AvgIpc) is 2.64. The topological polar surface area (TPSA) is 66.8 Å². The minimum absolute atomic E-state index is 0.505. The number of nitrogens with one attached hydrogen (secondary N) is 1. The highest BCUT2D eigenvalue weighted by molar-refractivity contribution is 5.63. The van der Waals surface area contributed by atoms with Gasteiger partial charge in [0.1, 0.15) is 0 Å². The van der Waals surface area contributed by atoms with Crippen molar-refractivity contribution in [2.24, 2.45) is 0 Å². The molecule has 0 radical (unpaired) electrons. The number of para-hydroxylation sites is 1. The van der Waals surface area contributed by atoms with Gasteiger partial charge in [0.05, 0.1) is 6.20 Å². The van der Waals surface area contributed by atoms with Gasteiger partial charge in [0.15, 0.2) is 5.82 Å². The number of nitrogens with zero attached hydrogens (tertiary/aromatic N) is 5. The molecule has 0 unspecified atom stereocenters. The van der Waals surface area contributed by atoms with Gasteiger partial charge in [0.2, 0.25) is 5.95 Å². The second-order valence-electron chi connectivity index (χ2n) is 6.06. The van der Waals surface area contributed by atoms with Crippen molar-refractivity contribution in [2.75, 3.05) is 23.8 Å². The smallest absolute Gasteiger partial charge is 0.249 e. The van der Waals surface area contributed by atoms with Gasteiger partial charge in [-0.3, -0.25) is 4.98 Å². The Labute approximate surface area is 148 Å². The third kappa shape index (κ3) is 4.29. The fourth-order valence-corrected chi connectivity index (χ4v) is 2.62. The van der Waals surface area contributed by atoms with Crippen LogP contribution in [0.15, 0.2) is 48.9 Å². The summed E-state index contributed by atoms with van der Waals surface area (Å²) in [5, 5.41) is 11.5. The Hall–Kier alpha value is -3.02. The molecule has 0 aliphatic heterocycles. The minimum Gasteiger partial charge on any atom is -0.358 e. The van der Waals surface area contributed by atoms with Crippen LogP contribution >= 0.6 is 0 Å². The van der Waals surface area contributed by atoms with Gasteiger partial charge in [-0.05, 0) is 49.1 Å². The van der Waals surface area contributed by atoms with Crippen LogP contribution in [0.3, 0.4) is 0 Å². The molecule has 0 spiro atoms. The summed E-state index contributed by atoms with van der Waals surface area (Å²) in [6.45, 7) is 4.96. The number of pyridine rings is 1. The van der Waals surface area contributed by atoms with Crippen molar-refractivity contribution >= 4 is 17.5 Å². The molecule has 0 aliphatic rings. The van der Waals surface area contributed by atoms with E-state index in [1.54, 1.807) is 6.20 Å². The number of aryl methyl sites for hydroxylation is 2. The highest BCUT2D eigenvalue weighted by atomic mass is 15.3. The molecule has 0 bridgehead atoms. The number of anilines is 3. The summed E-state index contributed by atoms with van der Waals surface area (Å²) >= 11 is 0. The van der Waals surface area contributed by atoms with Gasteiger partial charge >= 0.3 is 0 Å². The molecule has 0 amide bonds. The van der Waals surface area contributed by atoms with Crippen LogP contribution in [-0.4, -0.2) is 33.8 Å². The zero-order valence-corrected chi connectivity index (χ0v) is 14.8. The second kappa shape index (κ2) is 7.70. The molecule has 6 heteroatoms. The van der Waals surface area contributed by atoms with Gasteiger partial charge < -0.3 is 10.2 Å². The molecule has 3 aromatic rings. The van der Waals surface area contributed by atoms with Crippen molar-refractivity contribution in [2.45, 2.75) is 20.3 Å². The Kier molecular flexibility index (Phi) is 5.18. The number of likely N-dealkylation sites (N-methyl/N-ethyl adjacent to an activating group) is 1. The van der Waals surface area contributed by atoms with Crippen molar-refractivity contribution in [1.82, 2.24) is 20.2 Å². The average molecular weight is 334 g/mol. The quantitative estimate of drug-likeness (QED) is 0.746. The largest absolute Gasteiger partial charge is 0.358 e. The SMILES string of the molecule is Cc1cccc(C)c1Nc1nncc(N(C)CCc2ccncc2)n1. The standard InChI is InChI=1S/C19H22N6/c1-14-5-4-6-15(2)18(14)23-19-22-17(13-21-24-19)25(3)12-9-16-7-10-20-11-8-16/h4-8,10-11,13H,9,12H2,1-3H3,(H,22,23,24). The van der Waals surface area contributed by atoms with Crippen LogP contribution in [-0.2, 0) is 6.42 Å². The van der Waals surface area contributed by atoms with E-state index in [4.69, 9.17) is 0 Å². The summed E-state index contributed by atoms with van der Waals surface area (Å²) in [4.78, 5) is 10.7. The van der Waals surface area contributed by atoms with Crippen molar-refractivity contribution in [3.05, 3.63) is 65.6 Å². The van der Waals surface area contributed by atoms with E-state index in [0.717, 1.165) is 35.6 Å². The summed E-state index contributed by atoms with van der Waals surface area (Å²) in [5.74, 6) is 1.29. The van der Waals surface area contributed by atoms with Crippen molar-refractivity contribution in [3.63, 3.8) is 0 Å². The van der Waals surface area contributed by atoms with Crippen molar-refractivity contribution in [3.8, 4) is 0 Å². The third-order valence-corrected chi connectivity index (χ3v) is 4.14. The lowest BCUT2D eigenvalue weighted by atomic mass is 10.1. The zero-order valence-electron chi connectivity index (χ0n) is 14.8. The molecule has 1 N–H and O–H groups in total. The van der Waals surface area contributed by atoms with E-state index in [0.29, 0.717) is 5.95 Å². The first-order valence-corrected chi connectivity index (χ1v) is 8.26. The minimum atomic E-state index is 0.505. The van der Waals surface area contributed by atoms with Gasteiger partial charge in [0.25, 0.3) is 0 Å². The maximum atomic E-state index is 4.59. The summed E-state index contributed by atoms with van der Waals surface area (Å²) < 4.78 is 0. The molecule has 3 rings (SSSR count). The van der Waals surface area contributed by atoms with Crippen LogP contribution in [0.1, 0.15) is 16.7 Å². The summed E-state index contributed by atoms with van der Waals surface area (Å²) in [5.41, 5.74) is 4.58. The molecule has 2 heterocycles. The van der Waals surface area contributed by atoms with Gasteiger partial charge in [-0.15, -0.1) is 5.10 Å². The van der Waals surface area contributed by atoms with Crippen LogP contribution in [0, 0.1) is 13.8 Å². The zero-order chi connectivity index (χ0) is 17.6. The van der Waals surface area contributed by atoms with E-state index in [1.807, 2.05) is 37.6 Å². The molecule has 0 fully saturated rings. The van der Waals surface area contributed by atoms with E-state index < -0.39 is 0 Å². The lowest BCUT2D eigenvalue weighted by molar-refractivity contribution is 0.839. The molecule has 6 nitrogen and oxygen atoms in total. The van der Waals surface area contributed by atoms with E-state index in [-0.39, 0.29) is 0 Å².